The smallest absolute Gasteiger partial charge is 0.303 e. The Morgan fingerprint density at radius 2 is 2.07 bits per heavy atom. The van der Waals surface area contributed by atoms with Crippen molar-refractivity contribution in [2.45, 2.75) is 33.3 Å². The van der Waals surface area contributed by atoms with Crippen LogP contribution in [0.1, 0.15) is 31.1 Å². The fourth-order valence-electron chi connectivity index (χ4n) is 2.33. The monoisotopic (exact) mass is 404 g/mol. The van der Waals surface area contributed by atoms with Gasteiger partial charge in [0.1, 0.15) is 30.2 Å². The van der Waals surface area contributed by atoms with Crippen molar-refractivity contribution in [1.29, 1.82) is 0 Å². The summed E-state index contributed by atoms with van der Waals surface area (Å²) in [5.74, 6) is -3.44. The highest BCUT2D eigenvalue weighted by molar-refractivity contribution is 5.88. The quantitative estimate of drug-likeness (QED) is 0.614. The van der Waals surface area contributed by atoms with E-state index < -0.39 is 11.7 Å². The van der Waals surface area contributed by atoms with Gasteiger partial charge in [-0.15, -0.1) is 0 Å². The Morgan fingerprint density at radius 1 is 1.28 bits per heavy atom. The molecule has 0 atom stereocenters. The molecule has 3 rings (SSSR count). The molecule has 0 saturated carbocycles. The number of aromatic nitrogens is 4. The van der Waals surface area contributed by atoms with Crippen LogP contribution in [0.2, 0.25) is 0 Å². The lowest BCUT2D eigenvalue weighted by molar-refractivity contribution is -0.114. The molecule has 0 saturated heterocycles. The zero-order chi connectivity index (χ0) is 21.0. The molecule has 0 aromatic carbocycles. The molecule has 0 radical (unpaired) electrons. The largest absolute Gasteiger partial charge is 0.483 e. The van der Waals surface area contributed by atoms with Crippen molar-refractivity contribution in [3.05, 3.63) is 47.9 Å². The number of pyridine rings is 1. The maximum absolute atomic E-state index is 13.7. The van der Waals surface area contributed by atoms with Gasteiger partial charge in [0, 0.05) is 37.7 Å². The molecular weight excluding hydrogens is 386 g/mol. The molecule has 0 spiro atoms. The minimum Gasteiger partial charge on any atom is -0.483 e. The number of carbonyl (C=O) groups excluding carboxylic acids is 1. The van der Waals surface area contributed by atoms with Gasteiger partial charge in [-0.25, -0.2) is 15.0 Å². The van der Waals surface area contributed by atoms with Gasteiger partial charge >= 0.3 is 5.92 Å². The average Bonchev–Trinajstić information content (AvgIpc) is 3.13. The number of carbonyl (C=O) groups is 1. The Kier molecular flexibility index (Phi) is 5.66. The van der Waals surface area contributed by atoms with E-state index in [1.165, 1.54) is 31.5 Å². The molecule has 0 aliphatic carbocycles. The Hall–Kier alpha value is -3.63. The SMILES string of the molecule is CC(=O)Nc1cc(Nc2cc(C)nc(C(C)(F)F)n2)c(OCc2ccon2)cn1. The molecule has 3 aromatic rings. The van der Waals surface area contributed by atoms with Crippen LogP contribution in [0.25, 0.3) is 0 Å². The summed E-state index contributed by atoms with van der Waals surface area (Å²) in [4.78, 5) is 23.1. The first-order valence-corrected chi connectivity index (χ1v) is 8.51. The van der Waals surface area contributed by atoms with Crippen LogP contribution < -0.4 is 15.4 Å². The second-order valence-corrected chi connectivity index (χ2v) is 6.26. The number of amides is 1. The number of hydrogen-bond donors (Lipinski definition) is 2. The van der Waals surface area contributed by atoms with Crippen molar-refractivity contribution in [3.8, 4) is 5.75 Å². The third-order valence-electron chi connectivity index (χ3n) is 3.55. The van der Waals surface area contributed by atoms with E-state index in [2.05, 4.69) is 30.7 Å². The summed E-state index contributed by atoms with van der Waals surface area (Å²) in [5.41, 5.74) is 1.27. The predicted octanol–water partition coefficient (Wildman–Crippen LogP) is 3.56. The number of aryl methyl sites for hydroxylation is 1. The number of rotatable bonds is 7. The van der Waals surface area contributed by atoms with E-state index in [4.69, 9.17) is 9.26 Å². The summed E-state index contributed by atoms with van der Waals surface area (Å²) in [7, 11) is 0. The predicted molar refractivity (Wildman–Crippen MR) is 99.0 cm³/mol. The number of nitrogens with one attached hydrogen (secondary N) is 2. The van der Waals surface area contributed by atoms with Gasteiger partial charge in [-0.05, 0) is 6.92 Å². The first kappa shape index (κ1) is 20.1. The van der Waals surface area contributed by atoms with E-state index in [0.29, 0.717) is 22.8 Å². The maximum atomic E-state index is 13.7. The molecule has 9 nitrogen and oxygen atoms in total. The molecule has 0 bridgehead atoms. The minimum absolute atomic E-state index is 0.0907. The average molecular weight is 404 g/mol. The standard InChI is InChI=1S/C18H18F2N6O3/c1-10-6-16(25-17(22-10)18(3,19)20)24-13-7-15(23-11(2)27)21-8-14(13)28-9-12-4-5-29-26-12/h4-8H,9H2,1-3H3,(H2,21,22,23,24,25,27). The highest BCUT2D eigenvalue weighted by Crippen LogP contribution is 2.31. The second-order valence-electron chi connectivity index (χ2n) is 6.26. The highest BCUT2D eigenvalue weighted by atomic mass is 19.3. The van der Waals surface area contributed by atoms with E-state index in [0.717, 1.165) is 6.92 Å². The minimum atomic E-state index is -3.20. The zero-order valence-electron chi connectivity index (χ0n) is 15.9. The fourth-order valence-corrected chi connectivity index (χ4v) is 2.33. The van der Waals surface area contributed by atoms with Crippen LogP contribution in [-0.4, -0.2) is 26.0 Å². The van der Waals surface area contributed by atoms with E-state index >= 15 is 0 Å². The van der Waals surface area contributed by atoms with E-state index in [1.807, 2.05) is 0 Å². The van der Waals surface area contributed by atoms with Crippen LogP contribution in [0.15, 0.2) is 35.2 Å². The number of alkyl halides is 2. The van der Waals surface area contributed by atoms with Gasteiger partial charge in [-0.1, -0.05) is 5.16 Å². The fraction of sp³-hybridized carbons (Fsp3) is 0.278. The van der Waals surface area contributed by atoms with Gasteiger partial charge in [-0.2, -0.15) is 8.78 Å². The van der Waals surface area contributed by atoms with Gasteiger partial charge in [-0.3, -0.25) is 4.79 Å². The van der Waals surface area contributed by atoms with E-state index in [9.17, 15) is 13.6 Å². The summed E-state index contributed by atoms with van der Waals surface area (Å²) in [6.07, 6.45) is 2.79. The molecular formula is C18H18F2N6O3. The Labute approximate surface area is 164 Å². The maximum Gasteiger partial charge on any atom is 0.303 e. The van der Waals surface area contributed by atoms with Gasteiger partial charge in [0.15, 0.2) is 5.75 Å². The van der Waals surface area contributed by atoms with Gasteiger partial charge in [0.05, 0.1) is 11.9 Å². The number of anilines is 3. The molecule has 1 amide bonds. The van der Waals surface area contributed by atoms with Crippen molar-refractivity contribution in [3.63, 3.8) is 0 Å². The molecule has 152 valence electrons. The van der Waals surface area contributed by atoms with Gasteiger partial charge in [0.25, 0.3) is 0 Å². The van der Waals surface area contributed by atoms with Crippen molar-refractivity contribution in [2.24, 2.45) is 0 Å². The third kappa shape index (κ3) is 5.43. The lowest BCUT2D eigenvalue weighted by Crippen LogP contribution is -2.14. The molecule has 0 unspecified atom stereocenters. The van der Waals surface area contributed by atoms with E-state index in [1.54, 1.807) is 13.0 Å². The molecule has 3 heterocycles. The lowest BCUT2D eigenvalue weighted by atomic mass is 10.3. The van der Waals surface area contributed by atoms with Crippen LogP contribution >= 0.6 is 0 Å². The van der Waals surface area contributed by atoms with Crippen LogP contribution in [0.5, 0.6) is 5.75 Å². The summed E-state index contributed by atoms with van der Waals surface area (Å²) in [5, 5.41) is 9.22. The van der Waals surface area contributed by atoms with Crippen molar-refractivity contribution in [1.82, 2.24) is 20.1 Å². The van der Waals surface area contributed by atoms with Crippen LogP contribution in [0, 0.1) is 6.92 Å². The van der Waals surface area contributed by atoms with Crippen molar-refractivity contribution >= 4 is 23.2 Å². The lowest BCUT2D eigenvalue weighted by Gasteiger charge is -2.15. The van der Waals surface area contributed by atoms with E-state index in [-0.39, 0.29) is 24.1 Å². The first-order valence-electron chi connectivity index (χ1n) is 8.51. The summed E-state index contributed by atoms with van der Waals surface area (Å²) >= 11 is 0. The van der Waals surface area contributed by atoms with Gasteiger partial charge in [0.2, 0.25) is 11.7 Å². The van der Waals surface area contributed by atoms with Crippen molar-refractivity contribution < 1.29 is 22.8 Å². The molecule has 11 heteroatoms. The molecule has 0 aliphatic heterocycles. The number of ether oxygens (including phenoxy) is 1. The summed E-state index contributed by atoms with van der Waals surface area (Å²) in [6.45, 7) is 3.74. The highest BCUT2D eigenvalue weighted by Gasteiger charge is 2.29. The topological polar surface area (TPSA) is 115 Å². The Balaban J connectivity index is 1.92. The second kappa shape index (κ2) is 8.17. The third-order valence-corrected chi connectivity index (χ3v) is 3.55. The number of halogens is 2. The Bertz CT molecular complexity index is 1010. The number of nitrogens with zero attached hydrogens (tertiary/aromatic N) is 4. The molecule has 2 N–H and O–H groups in total. The normalized spacial score (nSPS) is 11.2. The number of hydrogen-bond acceptors (Lipinski definition) is 8. The van der Waals surface area contributed by atoms with Crippen LogP contribution in [0.4, 0.5) is 26.1 Å². The molecule has 0 fully saturated rings. The van der Waals surface area contributed by atoms with Crippen LogP contribution in [0.3, 0.4) is 0 Å². The molecule has 29 heavy (non-hydrogen) atoms. The zero-order valence-corrected chi connectivity index (χ0v) is 15.9. The first-order chi connectivity index (χ1) is 13.7. The van der Waals surface area contributed by atoms with Crippen molar-refractivity contribution in [2.75, 3.05) is 10.6 Å². The molecule has 3 aromatic heterocycles. The summed E-state index contributed by atoms with van der Waals surface area (Å²) in [6, 6.07) is 4.64. The van der Waals surface area contributed by atoms with Crippen LogP contribution in [-0.2, 0) is 17.3 Å². The Morgan fingerprint density at radius 3 is 2.72 bits per heavy atom. The summed E-state index contributed by atoms with van der Waals surface area (Å²) < 4.78 is 37.8. The molecule has 0 aliphatic rings. The van der Waals surface area contributed by atoms with Gasteiger partial charge < -0.3 is 19.9 Å².